The molecule has 2 N–H and O–H groups in total. The van der Waals surface area contributed by atoms with Gasteiger partial charge in [0.1, 0.15) is 0 Å². The molecule has 3 aromatic rings. The van der Waals surface area contributed by atoms with Crippen LogP contribution in [0.2, 0.25) is 5.02 Å². The molecule has 0 spiro atoms. The summed E-state index contributed by atoms with van der Waals surface area (Å²) in [5.74, 6) is 2.11. The van der Waals surface area contributed by atoms with Crippen LogP contribution in [0.5, 0.6) is 11.5 Å². The predicted octanol–water partition coefficient (Wildman–Crippen LogP) is 4.65. The third-order valence-electron chi connectivity index (χ3n) is 3.88. The number of aromatic nitrogens is 3. The first-order valence-electron chi connectivity index (χ1n) is 8.22. The van der Waals surface area contributed by atoms with Gasteiger partial charge in [-0.3, -0.25) is 0 Å². The standard InChI is InChI=1S/C19H20ClN5O2/c1-11-7-12(2)18(14(20)8-11)23-17-10-21-25-19(24-17)22-13-5-6-15(26-3)16(9-13)27-4/h5-10H,1-4H3,(H2,22,23,24,25). The van der Waals surface area contributed by atoms with Gasteiger partial charge in [0.15, 0.2) is 17.3 Å². The van der Waals surface area contributed by atoms with E-state index in [1.807, 2.05) is 32.0 Å². The van der Waals surface area contributed by atoms with Crippen molar-refractivity contribution >= 4 is 34.7 Å². The van der Waals surface area contributed by atoms with E-state index in [4.69, 9.17) is 21.1 Å². The van der Waals surface area contributed by atoms with E-state index in [0.717, 1.165) is 22.5 Å². The summed E-state index contributed by atoms with van der Waals surface area (Å²) in [4.78, 5) is 4.44. The highest BCUT2D eigenvalue weighted by molar-refractivity contribution is 6.33. The average molecular weight is 386 g/mol. The molecule has 0 fully saturated rings. The number of nitrogens with zero attached hydrogens (tertiary/aromatic N) is 3. The van der Waals surface area contributed by atoms with Gasteiger partial charge >= 0.3 is 0 Å². The van der Waals surface area contributed by atoms with Crippen molar-refractivity contribution < 1.29 is 9.47 Å². The molecule has 0 radical (unpaired) electrons. The number of hydrogen-bond donors (Lipinski definition) is 2. The number of methoxy groups -OCH3 is 2. The number of rotatable bonds is 6. The lowest BCUT2D eigenvalue weighted by Gasteiger charge is -2.13. The molecular weight excluding hydrogens is 366 g/mol. The lowest BCUT2D eigenvalue weighted by atomic mass is 10.1. The molecular formula is C19H20ClN5O2. The second kappa shape index (κ2) is 8.09. The molecule has 0 saturated carbocycles. The Morgan fingerprint density at radius 2 is 1.74 bits per heavy atom. The van der Waals surface area contributed by atoms with Crippen molar-refractivity contribution in [2.45, 2.75) is 13.8 Å². The molecule has 0 aliphatic rings. The van der Waals surface area contributed by atoms with Crippen LogP contribution in [0.4, 0.5) is 23.1 Å². The summed E-state index contributed by atoms with van der Waals surface area (Å²) in [5, 5.41) is 14.9. The van der Waals surface area contributed by atoms with E-state index >= 15 is 0 Å². The molecule has 0 unspecified atom stereocenters. The molecule has 0 amide bonds. The second-order valence-corrected chi connectivity index (χ2v) is 6.33. The zero-order chi connectivity index (χ0) is 19.4. The topological polar surface area (TPSA) is 81.2 Å². The molecule has 0 bridgehead atoms. The van der Waals surface area contributed by atoms with E-state index in [1.165, 1.54) is 6.20 Å². The van der Waals surface area contributed by atoms with Crippen LogP contribution in [-0.4, -0.2) is 29.4 Å². The minimum absolute atomic E-state index is 0.341. The number of aryl methyl sites for hydroxylation is 2. The molecule has 2 aromatic carbocycles. The van der Waals surface area contributed by atoms with Crippen LogP contribution in [0.1, 0.15) is 11.1 Å². The Morgan fingerprint density at radius 3 is 2.44 bits per heavy atom. The Bertz CT molecular complexity index is 942. The SMILES string of the molecule is COc1ccc(Nc2nncc(Nc3c(C)cc(C)cc3Cl)n2)cc1OC. The van der Waals surface area contributed by atoms with Crippen molar-refractivity contribution in [3.05, 3.63) is 52.7 Å². The maximum absolute atomic E-state index is 6.35. The molecule has 7 nitrogen and oxygen atoms in total. The van der Waals surface area contributed by atoms with Gasteiger partial charge in [0.25, 0.3) is 0 Å². The third kappa shape index (κ3) is 4.38. The first kappa shape index (κ1) is 18.7. The van der Waals surface area contributed by atoms with E-state index in [2.05, 4.69) is 25.8 Å². The quantitative estimate of drug-likeness (QED) is 0.639. The van der Waals surface area contributed by atoms with Crippen molar-refractivity contribution in [1.29, 1.82) is 0 Å². The summed E-state index contributed by atoms with van der Waals surface area (Å²) in [5.41, 5.74) is 3.66. The van der Waals surface area contributed by atoms with Crippen molar-refractivity contribution in [3.63, 3.8) is 0 Å². The summed E-state index contributed by atoms with van der Waals surface area (Å²) in [7, 11) is 3.17. The average Bonchev–Trinajstić information content (AvgIpc) is 2.65. The molecule has 0 atom stereocenters. The smallest absolute Gasteiger partial charge is 0.249 e. The summed E-state index contributed by atoms with van der Waals surface area (Å²) in [6.45, 7) is 3.98. The van der Waals surface area contributed by atoms with Gasteiger partial charge in [-0.05, 0) is 43.2 Å². The van der Waals surface area contributed by atoms with Crippen LogP contribution < -0.4 is 20.1 Å². The number of ether oxygens (including phenoxy) is 2. The highest BCUT2D eigenvalue weighted by Crippen LogP contribution is 2.31. The molecule has 140 valence electrons. The van der Waals surface area contributed by atoms with E-state index in [1.54, 1.807) is 26.4 Å². The van der Waals surface area contributed by atoms with Crippen LogP contribution in [0.25, 0.3) is 0 Å². The largest absolute Gasteiger partial charge is 0.493 e. The Labute approximate surface area is 162 Å². The molecule has 1 aromatic heterocycles. The van der Waals surface area contributed by atoms with Gasteiger partial charge in [-0.15, -0.1) is 5.10 Å². The van der Waals surface area contributed by atoms with Crippen LogP contribution in [0, 0.1) is 13.8 Å². The number of benzene rings is 2. The van der Waals surface area contributed by atoms with Crippen LogP contribution in [-0.2, 0) is 0 Å². The summed E-state index contributed by atoms with van der Waals surface area (Å²) in [6, 6.07) is 9.38. The molecule has 3 rings (SSSR count). The van der Waals surface area contributed by atoms with Crippen LogP contribution in [0.15, 0.2) is 36.5 Å². The summed E-state index contributed by atoms with van der Waals surface area (Å²) < 4.78 is 10.5. The maximum atomic E-state index is 6.35. The zero-order valence-electron chi connectivity index (χ0n) is 15.5. The van der Waals surface area contributed by atoms with E-state index in [9.17, 15) is 0 Å². The fraction of sp³-hybridized carbons (Fsp3) is 0.211. The summed E-state index contributed by atoms with van der Waals surface area (Å²) in [6.07, 6.45) is 1.54. The fourth-order valence-corrected chi connectivity index (χ4v) is 3.03. The van der Waals surface area contributed by atoms with E-state index in [-0.39, 0.29) is 0 Å². The molecule has 8 heteroatoms. The van der Waals surface area contributed by atoms with Gasteiger partial charge in [-0.1, -0.05) is 17.7 Å². The van der Waals surface area contributed by atoms with Gasteiger partial charge < -0.3 is 20.1 Å². The van der Waals surface area contributed by atoms with Gasteiger partial charge in [0, 0.05) is 11.8 Å². The first-order valence-corrected chi connectivity index (χ1v) is 8.60. The predicted molar refractivity (Wildman–Crippen MR) is 107 cm³/mol. The monoisotopic (exact) mass is 385 g/mol. The fourth-order valence-electron chi connectivity index (χ4n) is 2.66. The Morgan fingerprint density at radius 1 is 0.963 bits per heavy atom. The van der Waals surface area contributed by atoms with Gasteiger partial charge in [0.05, 0.1) is 31.1 Å². The molecule has 0 aliphatic carbocycles. The molecule has 1 heterocycles. The summed E-state index contributed by atoms with van der Waals surface area (Å²) >= 11 is 6.35. The van der Waals surface area contributed by atoms with Crippen LogP contribution >= 0.6 is 11.6 Å². The molecule has 0 aliphatic heterocycles. The number of hydrogen-bond acceptors (Lipinski definition) is 7. The van der Waals surface area contributed by atoms with Crippen molar-refractivity contribution in [2.24, 2.45) is 0 Å². The Kier molecular flexibility index (Phi) is 5.61. The lowest BCUT2D eigenvalue weighted by molar-refractivity contribution is 0.355. The van der Waals surface area contributed by atoms with Gasteiger partial charge in [-0.2, -0.15) is 10.1 Å². The number of anilines is 4. The minimum Gasteiger partial charge on any atom is -0.493 e. The Balaban J connectivity index is 1.82. The van der Waals surface area contributed by atoms with Gasteiger partial charge in [0.2, 0.25) is 5.95 Å². The maximum Gasteiger partial charge on any atom is 0.249 e. The van der Waals surface area contributed by atoms with Crippen LogP contribution in [0.3, 0.4) is 0 Å². The van der Waals surface area contributed by atoms with Crippen molar-refractivity contribution in [2.75, 3.05) is 24.9 Å². The highest BCUT2D eigenvalue weighted by Gasteiger charge is 2.09. The molecule has 27 heavy (non-hydrogen) atoms. The third-order valence-corrected chi connectivity index (χ3v) is 4.18. The minimum atomic E-state index is 0.341. The first-order chi connectivity index (χ1) is 13.0. The Hall–Kier alpha value is -3.06. The highest BCUT2D eigenvalue weighted by atomic mass is 35.5. The van der Waals surface area contributed by atoms with Crippen molar-refractivity contribution in [3.8, 4) is 11.5 Å². The van der Waals surface area contributed by atoms with E-state index < -0.39 is 0 Å². The number of nitrogens with one attached hydrogen (secondary N) is 2. The van der Waals surface area contributed by atoms with Crippen molar-refractivity contribution in [1.82, 2.24) is 15.2 Å². The second-order valence-electron chi connectivity index (χ2n) is 5.92. The zero-order valence-corrected chi connectivity index (χ0v) is 16.3. The normalized spacial score (nSPS) is 10.4. The molecule has 0 saturated heterocycles. The lowest BCUT2D eigenvalue weighted by Crippen LogP contribution is -2.04. The van der Waals surface area contributed by atoms with E-state index in [0.29, 0.717) is 28.3 Å². The van der Waals surface area contributed by atoms with Gasteiger partial charge in [-0.25, -0.2) is 0 Å². The number of halogens is 1.